The lowest BCUT2D eigenvalue weighted by atomic mass is 10.2. The summed E-state index contributed by atoms with van der Waals surface area (Å²) in [6.45, 7) is 2.45. The second kappa shape index (κ2) is 10.5. The lowest BCUT2D eigenvalue weighted by Gasteiger charge is -2.18. The average molecular weight is 466 g/mol. The number of hydrogen-bond donors (Lipinski definition) is 2. The lowest BCUT2D eigenvalue weighted by molar-refractivity contribution is 0.0715. The smallest absolute Gasteiger partial charge is 0.297 e. The van der Waals surface area contributed by atoms with E-state index in [2.05, 4.69) is 0 Å². The Kier molecular flexibility index (Phi) is 9.22. The molecule has 2 aromatic rings. The predicted molar refractivity (Wildman–Crippen MR) is 110 cm³/mol. The van der Waals surface area contributed by atoms with Crippen LogP contribution in [0.2, 0.25) is 0 Å². The summed E-state index contributed by atoms with van der Waals surface area (Å²) in [4.78, 5) is -0.102. The first kappa shape index (κ1) is 25.5. The second-order valence-corrected chi connectivity index (χ2v) is 9.57. The molecule has 0 aliphatic carbocycles. The number of benzene rings is 2. The molecule has 0 bridgehead atoms. The molecule has 162 valence electrons. The first-order chi connectivity index (χ1) is 13.0. The molecule has 0 saturated carbocycles. The Morgan fingerprint density at radius 1 is 0.793 bits per heavy atom. The van der Waals surface area contributed by atoms with Gasteiger partial charge in [-0.2, -0.15) is 16.8 Å². The fourth-order valence-electron chi connectivity index (χ4n) is 2.11. The van der Waals surface area contributed by atoms with Crippen molar-refractivity contribution >= 4 is 32.6 Å². The van der Waals surface area contributed by atoms with Crippen molar-refractivity contribution in [3.05, 3.63) is 59.7 Å². The van der Waals surface area contributed by atoms with Gasteiger partial charge in [-0.3, -0.25) is 8.37 Å². The quantitative estimate of drug-likeness (QED) is 0.532. The molecule has 11 heteroatoms. The third kappa shape index (κ3) is 7.34. The van der Waals surface area contributed by atoms with E-state index in [0.717, 1.165) is 11.1 Å². The zero-order valence-electron chi connectivity index (χ0n) is 15.9. The topological polar surface area (TPSA) is 133 Å². The Hall–Kier alpha value is -1.53. The SMILES string of the molecule is Cc1ccc(S(=O)(=O)OC[C@@H](N)[C@H](O)COS(=O)(=O)c2ccc(C)cc2)cc1.Cl. The highest BCUT2D eigenvalue weighted by Crippen LogP contribution is 2.15. The number of hydrogen-bond acceptors (Lipinski definition) is 8. The van der Waals surface area contributed by atoms with E-state index in [1.54, 1.807) is 24.3 Å². The predicted octanol–water partition coefficient (Wildman–Crippen LogP) is 1.52. The van der Waals surface area contributed by atoms with Gasteiger partial charge in [0.1, 0.15) is 0 Å². The van der Waals surface area contributed by atoms with Gasteiger partial charge in [-0.05, 0) is 38.1 Å². The van der Waals surface area contributed by atoms with Gasteiger partial charge in [0.25, 0.3) is 20.2 Å². The summed E-state index contributed by atoms with van der Waals surface area (Å²) >= 11 is 0. The molecule has 0 heterocycles. The largest absolute Gasteiger partial charge is 0.389 e. The highest BCUT2D eigenvalue weighted by molar-refractivity contribution is 7.87. The van der Waals surface area contributed by atoms with Crippen LogP contribution in [-0.4, -0.2) is 47.3 Å². The third-order valence-corrected chi connectivity index (χ3v) is 6.51. The van der Waals surface area contributed by atoms with Crippen LogP contribution in [-0.2, 0) is 28.6 Å². The number of aryl methyl sites for hydroxylation is 2. The highest BCUT2D eigenvalue weighted by Gasteiger charge is 2.24. The summed E-state index contributed by atoms with van der Waals surface area (Å²) < 4.78 is 58.1. The molecule has 3 N–H and O–H groups in total. The summed E-state index contributed by atoms with van der Waals surface area (Å²) in [5.74, 6) is 0. The lowest BCUT2D eigenvalue weighted by Crippen LogP contribution is -2.42. The van der Waals surface area contributed by atoms with Crippen LogP contribution in [0.1, 0.15) is 11.1 Å². The van der Waals surface area contributed by atoms with E-state index < -0.39 is 45.6 Å². The van der Waals surface area contributed by atoms with Gasteiger partial charge in [-0.15, -0.1) is 12.4 Å². The minimum atomic E-state index is -4.07. The van der Waals surface area contributed by atoms with Crippen molar-refractivity contribution in [3.8, 4) is 0 Å². The molecule has 2 aromatic carbocycles. The van der Waals surface area contributed by atoms with Crippen molar-refractivity contribution in [2.24, 2.45) is 5.73 Å². The fourth-order valence-corrected chi connectivity index (χ4v) is 3.97. The van der Waals surface area contributed by atoms with Crippen LogP contribution in [0.25, 0.3) is 0 Å². The van der Waals surface area contributed by atoms with E-state index in [1.165, 1.54) is 24.3 Å². The highest BCUT2D eigenvalue weighted by atomic mass is 35.5. The van der Waals surface area contributed by atoms with Crippen molar-refractivity contribution in [3.63, 3.8) is 0 Å². The van der Waals surface area contributed by atoms with Gasteiger partial charge in [-0.1, -0.05) is 35.4 Å². The summed E-state index contributed by atoms with van der Waals surface area (Å²) in [5, 5.41) is 9.99. The van der Waals surface area contributed by atoms with Crippen molar-refractivity contribution in [2.45, 2.75) is 35.8 Å². The molecule has 0 saturated heterocycles. The summed E-state index contributed by atoms with van der Waals surface area (Å²) in [6, 6.07) is 10.8. The van der Waals surface area contributed by atoms with Crippen molar-refractivity contribution in [1.29, 1.82) is 0 Å². The Morgan fingerprint density at radius 2 is 1.14 bits per heavy atom. The van der Waals surface area contributed by atoms with E-state index in [9.17, 15) is 21.9 Å². The summed E-state index contributed by atoms with van der Waals surface area (Å²) in [7, 11) is -8.12. The fraction of sp³-hybridized carbons (Fsp3) is 0.333. The van der Waals surface area contributed by atoms with Gasteiger partial charge in [0.2, 0.25) is 0 Å². The third-order valence-electron chi connectivity index (χ3n) is 3.92. The van der Waals surface area contributed by atoms with Crippen LogP contribution >= 0.6 is 12.4 Å². The summed E-state index contributed by atoms with van der Waals surface area (Å²) in [5.41, 5.74) is 7.47. The Bertz CT molecular complexity index is 908. The van der Waals surface area contributed by atoms with E-state index in [1.807, 2.05) is 13.8 Å². The van der Waals surface area contributed by atoms with Crippen molar-refractivity contribution in [2.75, 3.05) is 13.2 Å². The first-order valence-electron chi connectivity index (χ1n) is 8.37. The standard InChI is InChI=1S/C18H23NO7S2.ClH/c1-13-3-7-15(8-4-13)27(21,22)25-11-17(19)18(20)12-26-28(23,24)16-9-5-14(2)6-10-16;/h3-10,17-18,20H,11-12,19H2,1-2H3;1H/t17-,18-;/m1./s1. The van der Waals surface area contributed by atoms with Crippen LogP contribution in [0.5, 0.6) is 0 Å². The number of rotatable bonds is 9. The molecule has 0 unspecified atom stereocenters. The van der Waals surface area contributed by atoms with E-state index >= 15 is 0 Å². The number of nitrogens with two attached hydrogens (primary N) is 1. The molecule has 0 aliphatic rings. The average Bonchev–Trinajstić information content (AvgIpc) is 2.65. The van der Waals surface area contributed by atoms with Crippen LogP contribution in [0, 0.1) is 13.8 Å². The Morgan fingerprint density at radius 3 is 1.52 bits per heavy atom. The molecule has 0 fully saturated rings. The van der Waals surface area contributed by atoms with Gasteiger partial charge in [0.05, 0.1) is 35.2 Å². The summed E-state index contributed by atoms with van der Waals surface area (Å²) in [6.07, 6.45) is -1.45. The Balaban J connectivity index is 0.00000420. The molecule has 0 radical (unpaired) electrons. The maximum atomic E-state index is 12.1. The van der Waals surface area contributed by atoms with Crippen molar-refractivity contribution in [1.82, 2.24) is 0 Å². The number of aliphatic hydroxyl groups is 1. The van der Waals surface area contributed by atoms with Gasteiger partial charge in [-0.25, -0.2) is 0 Å². The van der Waals surface area contributed by atoms with Crippen LogP contribution < -0.4 is 5.73 Å². The molecule has 0 amide bonds. The number of halogens is 1. The van der Waals surface area contributed by atoms with Crippen LogP contribution in [0.3, 0.4) is 0 Å². The van der Waals surface area contributed by atoms with Gasteiger partial charge < -0.3 is 10.8 Å². The van der Waals surface area contributed by atoms with E-state index in [4.69, 9.17) is 14.1 Å². The molecular formula is C18H24ClNO7S2. The van der Waals surface area contributed by atoms with Gasteiger partial charge in [0.15, 0.2) is 0 Å². The van der Waals surface area contributed by atoms with Gasteiger partial charge >= 0.3 is 0 Å². The van der Waals surface area contributed by atoms with Crippen molar-refractivity contribution < 1.29 is 30.3 Å². The molecule has 0 aromatic heterocycles. The van der Waals surface area contributed by atoms with Crippen LogP contribution in [0.4, 0.5) is 0 Å². The molecule has 29 heavy (non-hydrogen) atoms. The molecular weight excluding hydrogens is 442 g/mol. The Labute approximate surface area is 177 Å². The molecule has 0 aliphatic heterocycles. The maximum Gasteiger partial charge on any atom is 0.297 e. The molecule has 8 nitrogen and oxygen atoms in total. The van der Waals surface area contributed by atoms with Gasteiger partial charge in [0, 0.05) is 0 Å². The first-order valence-corrected chi connectivity index (χ1v) is 11.2. The molecule has 0 spiro atoms. The minimum absolute atomic E-state index is 0. The second-order valence-electron chi connectivity index (χ2n) is 6.33. The zero-order chi connectivity index (χ0) is 20.9. The van der Waals surface area contributed by atoms with Crippen LogP contribution in [0.15, 0.2) is 58.3 Å². The molecule has 2 atom stereocenters. The van der Waals surface area contributed by atoms with E-state index in [0.29, 0.717) is 0 Å². The zero-order valence-corrected chi connectivity index (χ0v) is 18.3. The minimum Gasteiger partial charge on any atom is -0.389 e. The molecule has 2 rings (SSSR count). The van der Waals surface area contributed by atoms with E-state index in [-0.39, 0.29) is 22.2 Å². The normalized spacial score (nSPS) is 14.1. The number of aliphatic hydroxyl groups excluding tert-OH is 1. The monoisotopic (exact) mass is 465 g/mol. The maximum absolute atomic E-state index is 12.1.